The van der Waals surface area contributed by atoms with Gasteiger partial charge in [-0.3, -0.25) is 14.6 Å². The molecule has 0 saturated heterocycles. The number of nitrogens with zero attached hydrogens (tertiary/aromatic N) is 5. The average Bonchev–Trinajstić information content (AvgIpc) is 3.59. The smallest absolute Gasteiger partial charge is 0.247 e. The van der Waals surface area contributed by atoms with Crippen LogP contribution in [0, 0.1) is 5.82 Å². The van der Waals surface area contributed by atoms with E-state index in [-0.39, 0.29) is 25.5 Å². The summed E-state index contributed by atoms with van der Waals surface area (Å²) in [5, 5.41) is 11.1. The normalized spacial score (nSPS) is 11.8. The number of para-hydroxylation sites is 1. The molecule has 0 unspecified atom stereocenters. The van der Waals surface area contributed by atoms with Crippen LogP contribution in [0.25, 0.3) is 11.0 Å². The van der Waals surface area contributed by atoms with Crippen LogP contribution in [-0.2, 0) is 29.2 Å². The van der Waals surface area contributed by atoms with E-state index in [2.05, 4.69) is 20.6 Å². The molecule has 0 radical (unpaired) electrons. The molecule has 2 aromatic carbocycles. The second-order valence-electron chi connectivity index (χ2n) is 8.37. The molecule has 1 atom stereocenters. The number of rotatable bonds is 9. The molecule has 1 N–H and O–H groups in total. The van der Waals surface area contributed by atoms with Crippen molar-refractivity contribution >= 4 is 22.8 Å². The number of benzene rings is 2. The third-order valence-corrected chi connectivity index (χ3v) is 5.87. The van der Waals surface area contributed by atoms with Gasteiger partial charge in [0.15, 0.2) is 0 Å². The van der Waals surface area contributed by atoms with E-state index in [4.69, 9.17) is 4.42 Å². The third kappa shape index (κ3) is 5.53. The van der Waals surface area contributed by atoms with Gasteiger partial charge < -0.3 is 14.6 Å². The molecule has 2 amide bonds. The molecule has 5 rings (SSSR count). The molecule has 10 heteroatoms. The lowest BCUT2D eigenvalue weighted by Crippen LogP contribution is -2.44. The summed E-state index contributed by atoms with van der Waals surface area (Å²) >= 11 is 0. The van der Waals surface area contributed by atoms with Gasteiger partial charge in [-0.1, -0.05) is 35.5 Å². The number of halogens is 1. The van der Waals surface area contributed by atoms with Crippen molar-refractivity contribution in [1.82, 2.24) is 30.2 Å². The zero-order valence-corrected chi connectivity index (χ0v) is 19.7. The second-order valence-corrected chi connectivity index (χ2v) is 8.37. The Morgan fingerprint density at radius 1 is 1.03 bits per heavy atom. The molecule has 3 aromatic heterocycles. The Morgan fingerprint density at radius 2 is 1.86 bits per heavy atom. The van der Waals surface area contributed by atoms with Gasteiger partial charge in [0, 0.05) is 24.5 Å². The first-order chi connectivity index (χ1) is 18.1. The quantitative estimate of drug-likeness (QED) is 0.333. The van der Waals surface area contributed by atoms with E-state index in [1.54, 1.807) is 54.9 Å². The first kappa shape index (κ1) is 23.9. The molecular formula is C27H23FN6O3. The maximum atomic E-state index is 13.8. The third-order valence-electron chi connectivity index (χ3n) is 5.87. The van der Waals surface area contributed by atoms with Crippen LogP contribution in [0.2, 0.25) is 0 Å². The fraction of sp³-hybridized carbons (Fsp3) is 0.148. The number of carbonyl (C=O) groups excluding carboxylic acids is 2. The molecule has 0 aliphatic rings. The predicted molar refractivity (Wildman–Crippen MR) is 132 cm³/mol. The summed E-state index contributed by atoms with van der Waals surface area (Å²) in [5.74, 6) is -0.607. The van der Waals surface area contributed by atoms with Crippen molar-refractivity contribution in [3.63, 3.8) is 0 Å². The van der Waals surface area contributed by atoms with E-state index >= 15 is 0 Å². The van der Waals surface area contributed by atoms with Crippen LogP contribution < -0.4 is 5.32 Å². The topological polar surface area (TPSA) is 106 Å². The summed E-state index contributed by atoms with van der Waals surface area (Å²) in [6, 6.07) is 19.0. The van der Waals surface area contributed by atoms with Crippen LogP contribution in [0.1, 0.15) is 22.9 Å². The minimum absolute atomic E-state index is 0.0550. The van der Waals surface area contributed by atoms with Crippen molar-refractivity contribution in [2.45, 2.75) is 25.7 Å². The summed E-state index contributed by atoms with van der Waals surface area (Å²) in [6.45, 7) is 0.0539. The minimum atomic E-state index is -1.02. The van der Waals surface area contributed by atoms with Crippen molar-refractivity contribution in [3.8, 4) is 0 Å². The first-order valence-electron chi connectivity index (χ1n) is 11.6. The Labute approximate surface area is 211 Å². The van der Waals surface area contributed by atoms with Crippen molar-refractivity contribution < 1.29 is 18.4 Å². The molecule has 37 heavy (non-hydrogen) atoms. The highest BCUT2D eigenvalue weighted by Crippen LogP contribution is 2.25. The van der Waals surface area contributed by atoms with Crippen LogP contribution in [0.5, 0.6) is 0 Å². The Kier molecular flexibility index (Phi) is 6.98. The van der Waals surface area contributed by atoms with Crippen LogP contribution in [0.4, 0.5) is 4.39 Å². The van der Waals surface area contributed by atoms with Crippen LogP contribution in [-0.4, -0.2) is 36.7 Å². The monoisotopic (exact) mass is 498 g/mol. The zero-order chi connectivity index (χ0) is 25.6. The van der Waals surface area contributed by atoms with Crippen LogP contribution in [0.3, 0.4) is 0 Å². The van der Waals surface area contributed by atoms with E-state index in [1.165, 1.54) is 28.0 Å². The number of furan rings is 1. The summed E-state index contributed by atoms with van der Waals surface area (Å²) in [5.41, 5.74) is 2.53. The Morgan fingerprint density at radius 3 is 2.62 bits per heavy atom. The number of nitrogens with one attached hydrogen (secondary N) is 1. The number of fused-ring (bicyclic) bond motifs is 1. The fourth-order valence-electron chi connectivity index (χ4n) is 4.06. The second kappa shape index (κ2) is 10.8. The SMILES string of the molecule is O=C(NCc1ccco1)[C@@H](c1cccnc1)N(Cc1ccc(F)cc1)C(=O)Cn1nnc2ccccc21. The Hall–Kier alpha value is -4.86. The van der Waals surface area contributed by atoms with Gasteiger partial charge in [0.2, 0.25) is 11.8 Å². The maximum absolute atomic E-state index is 13.8. The molecule has 0 saturated carbocycles. The first-order valence-corrected chi connectivity index (χ1v) is 11.6. The molecule has 5 aromatic rings. The van der Waals surface area contributed by atoms with Gasteiger partial charge in [-0.25, -0.2) is 9.07 Å². The minimum Gasteiger partial charge on any atom is -0.467 e. The maximum Gasteiger partial charge on any atom is 0.247 e. The van der Waals surface area contributed by atoms with Crippen molar-refractivity contribution in [2.24, 2.45) is 0 Å². The number of amides is 2. The summed E-state index contributed by atoms with van der Waals surface area (Å²) < 4.78 is 20.4. The summed E-state index contributed by atoms with van der Waals surface area (Å²) in [7, 11) is 0. The predicted octanol–water partition coefficient (Wildman–Crippen LogP) is 3.64. The molecular weight excluding hydrogens is 475 g/mol. The average molecular weight is 499 g/mol. The highest BCUT2D eigenvalue weighted by atomic mass is 19.1. The number of pyridine rings is 1. The van der Waals surface area contributed by atoms with Gasteiger partial charge in [-0.2, -0.15) is 0 Å². The van der Waals surface area contributed by atoms with Gasteiger partial charge in [0.05, 0.1) is 18.3 Å². The van der Waals surface area contributed by atoms with Gasteiger partial charge in [-0.05, 0) is 48.0 Å². The van der Waals surface area contributed by atoms with E-state index in [9.17, 15) is 14.0 Å². The van der Waals surface area contributed by atoms with Crippen molar-refractivity contribution in [2.75, 3.05) is 0 Å². The molecule has 0 aliphatic heterocycles. The van der Waals surface area contributed by atoms with Crippen molar-refractivity contribution in [1.29, 1.82) is 0 Å². The molecule has 9 nitrogen and oxygen atoms in total. The summed E-state index contributed by atoms with van der Waals surface area (Å²) in [6.07, 6.45) is 4.66. The van der Waals surface area contributed by atoms with E-state index < -0.39 is 17.8 Å². The van der Waals surface area contributed by atoms with Gasteiger partial charge >= 0.3 is 0 Å². The van der Waals surface area contributed by atoms with E-state index in [0.29, 0.717) is 27.9 Å². The van der Waals surface area contributed by atoms with Crippen LogP contribution in [0.15, 0.2) is 95.9 Å². The lowest BCUT2D eigenvalue weighted by atomic mass is 10.0. The van der Waals surface area contributed by atoms with E-state index in [0.717, 1.165) is 0 Å². The molecule has 186 valence electrons. The highest BCUT2D eigenvalue weighted by molar-refractivity contribution is 5.89. The zero-order valence-electron chi connectivity index (χ0n) is 19.7. The standard InChI is InChI=1S/C27H23FN6O3/c28-21-11-9-19(10-12-21)17-33(25(35)18-34-24-8-2-1-7-23(24)31-32-34)26(20-5-3-13-29-15-20)27(36)30-16-22-6-4-14-37-22/h1-15,26H,16-18H2,(H,30,36)/t26-/m1/s1. The number of aromatic nitrogens is 4. The summed E-state index contributed by atoms with van der Waals surface area (Å²) in [4.78, 5) is 33.0. The van der Waals surface area contributed by atoms with Crippen LogP contribution >= 0.6 is 0 Å². The van der Waals surface area contributed by atoms with E-state index in [1.807, 2.05) is 18.2 Å². The largest absolute Gasteiger partial charge is 0.467 e. The Balaban J connectivity index is 1.50. The molecule has 0 aliphatic carbocycles. The molecule has 0 spiro atoms. The molecule has 0 fully saturated rings. The number of hydrogen-bond donors (Lipinski definition) is 1. The van der Waals surface area contributed by atoms with Gasteiger partial charge in [0.25, 0.3) is 0 Å². The Bertz CT molecular complexity index is 1490. The lowest BCUT2D eigenvalue weighted by molar-refractivity contribution is -0.142. The van der Waals surface area contributed by atoms with Crippen molar-refractivity contribution in [3.05, 3.63) is 114 Å². The number of hydrogen-bond acceptors (Lipinski definition) is 6. The van der Waals surface area contributed by atoms with Gasteiger partial charge in [-0.15, -0.1) is 5.10 Å². The lowest BCUT2D eigenvalue weighted by Gasteiger charge is -2.31. The highest BCUT2D eigenvalue weighted by Gasteiger charge is 2.32. The fourth-order valence-corrected chi connectivity index (χ4v) is 4.06. The van der Waals surface area contributed by atoms with Gasteiger partial charge in [0.1, 0.15) is 29.7 Å². The number of carbonyl (C=O) groups is 2. The molecule has 0 bridgehead atoms. The molecule has 3 heterocycles.